The van der Waals surface area contributed by atoms with Gasteiger partial charge in [-0.25, -0.2) is 0 Å². The SMILES string of the molecule is CC(C)c1nnsc1C(=O)NCCCCCCCl. The van der Waals surface area contributed by atoms with E-state index in [0.29, 0.717) is 11.4 Å². The quantitative estimate of drug-likeness (QED) is 0.591. The molecule has 1 rings (SSSR count). The second-order valence-corrected chi connectivity index (χ2v) is 5.63. The maximum Gasteiger partial charge on any atom is 0.264 e. The smallest absolute Gasteiger partial charge is 0.264 e. The normalized spacial score (nSPS) is 10.9. The van der Waals surface area contributed by atoms with E-state index in [-0.39, 0.29) is 11.8 Å². The highest BCUT2D eigenvalue weighted by atomic mass is 35.5. The summed E-state index contributed by atoms with van der Waals surface area (Å²) >= 11 is 6.76. The Bertz CT molecular complexity index is 368. The van der Waals surface area contributed by atoms with E-state index in [1.54, 1.807) is 0 Å². The van der Waals surface area contributed by atoms with Gasteiger partial charge in [0.05, 0.1) is 5.69 Å². The highest BCUT2D eigenvalue weighted by Crippen LogP contribution is 2.19. The number of hydrogen-bond donors (Lipinski definition) is 1. The Morgan fingerprint density at radius 1 is 1.33 bits per heavy atom. The highest BCUT2D eigenvalue weighted by Gasteiger charge is 2.17. The number of nitrogens with zero attached hydrogens (tertiary/aromatic N) is 2. The van der Waals surface area contributed by atoms with Crippen LogP contribution in [0.1, 0.15) is 60.8 Å². The van der Waals surface area contributed by atoms with Crippen molar-refractivity contribution in [3.8, 4) is 0 Å². The summed E-state index contributed by atoms with van der Waals surface area (Å²) in [5.41, 5.74) is 0.791. The third-order valence-electron chi connectivity index (χ3n) is 2.61. The van der Waals surface area contributed by atoms with E-state index in [2.05, 4.69) is 14.9 Å². The molecule has 1 N–H and O–H groups in total. The Morgan fingerprint density at radius 2 is 2.06 bits per heavy atom. The van der Waals surface area contributed by atoms with Crippen LogP contribution in [-0.4, -0.2) is 27.9 Å². The molecule has 1 amide bonds. The molecule has 102 valence electrons. The van der Waals surface area contributed by atoms with Crippen molar-refractivity contribution in [2.45, 2.75) is 45.4 Å². The van der Waals surface area contributed by atoms with Crippen LogP contribution in [0.15, 0.2) is 0 Å². The van der Waals surface area contributed by atoms with Gasteiger partial charge in [0.1, 0.15) is 4.88 Å². The van der Waals surface area contributed by atoms with Gasteiger partial charge in [0.25, 0.3) is 5.91 Å². The van der Waals surface area contributed by atoms with E-state index in [4.69, 9.17) is 11.6 Å². The Kier molecular flexibility index (Phi) is 7.20. The second kappa shape index (κ2) is 8.43. The molecule has 0 radical (unpaired) electrons. The van der Waals surface area contributed by atoms with Crippen LogP contribution in [-0.2, 0) is 0 Å². The number of alkyl halides is 1. The fourth-order valence-electron chi connectivity index (χ4n) is 1.59. The molecule has 1 heterocycles. The summed E-state index contributed by atoms with van der Waals surface area (Å²) in [7, 11) is 0. The zero-order valence-corrected chi connectivity index (χ0v) is 12.5. The monoisotopic (exact) mass is 289 g/mol. The summed E-state index contributed by atoms with van der Waals surface area (Å²) in [5, 5.41) is 6.91. The number of amides is 1. The summed E-state index contributed by atoms with van der Waals surface area (Å²) < 4.78 is 3.85. The molecule has 0 bridgehead atoms. The minimum Gasteiger partial charge on any atom is -0.351 e. The number of nitrogens with one attached hydrogen (secondary N) is 1. The fraction of sp³-hybridized carbons (Fsp3) is 0.750. The molecule has 0 aliphatic carbocycles. The van der Waals surface area contributed by atoms with E-state index in [9.17, 15) is 4.79 Å². The van der Waals surface area contributed by atoms with Crippen molar-refractivity contribution < 1.29 is 4.79 Å². The van der Waals surface area contributed by atoms with E-state index < -0.39 is 0 Å². The fourth-order valence-corrected chi connectivity index (χ4v) is 2.51. The van der Waals surface area contributed by atoms with Gasteiger partial charge in [-0.1, -0.05) is 31.2 Å². The molecule has 6 heteroatoms. The first-order chi connectivity index (χ1) is 8.66. The Hall–Kier alpha value is -0.680. The molecule has 1 aromatic heterocycles. The van der Waals surface area contributed by atoms with Crippen LogP contribution in [0.25, 0.3) is 0 Å². The number of carbonyl (C=O) groups is 1. The van der Waals surface area contributed by atoms with Gasteiger partial charge in [0, 0.05) is 12.4 Å². The molecular weight excluding hydrogens is 270 g/mol. The molecule has 0 aliphatic rings. The Balaban J connectivity index is 2.30. The average molecular weight is 290 g/mol. The average Bonchev–Trinajstić information content (AvgIpc) is 2.82. The summed E-state index contributed by atoms with van der Waals surface area (Å²) in [5.74, 6) is 0.899. The standard InChI is InChI=1S/C12H20ClN3OS/c1-9(2)10-11(18-16-15-10)12(17)14-8-6-4-3-5-7-13/h9H,3-8H2,1-2H3,(H,14,17). The van der Waals surface area contributed by atoms with Crippen molar-refractivity contribution in [1.29, 1.82) is 0 Å². The highest BCUT2D eigenvalue weighted by molar-refractivity contribution is 7.08. The largest absolute Gasteiger partial charge is 0.351 e. The first-order valence-corrected chi connectivity index (χ1v) is 7.64. The van der Waals surface area contributed by atoms with Crippen molar-refractivity contribution in [2.75, 3.05) is 12.4 Å². The molecule has 0 fully saturated rings. The van der Waals surface area contributed by atoms with Gasteiger partial charge in [-0.3, -0.25) is 4.79 Å². The molecule has 1 aromatic rings. The number of carbonyl (C=O) groups excluding carboxylic acids is 1. The zero-order valence-electron chi connectivity index (χ0n) is 10.9. The van der Waals surface area contributed by atoms with Crippen molar-refractivity contribution in [1.82, 2.24) is 14.9 Å². The van der Waals surface area contributed by atoms with Crippen molar-refractivity contribution >= 4 is 29.0 Å². The van der Waals surface area contributed by atoms with Crippen molar-refractivity contribution in [3.63, 3.8) is 0 Å². The molecular formula is C12H20ClN3OS. The molecule has 0 spiro atoms. The summed E-state index contributed by atoms with van der Waals surface area (Å²) in [6.45, 7) is 4.73. The lowest BCUT2D eigenvalue weighted by Gasteiger charge is -2.05. The van der Waals surface area contributed by atoms with Crippen LogP contribution >= 0.6 is 23.1 Å². The van der Waals surface area contributed by atoms with Crippen LogP contribution in [0.3, 0.4) is 0 Å². The van der Waals surface area contributed by atoms with E-state index in [1.165, 1.54) is 11.5 Å². The van der Waals surface area contributed by atoms with Gasteiger partial charge in [-0.05, 0) is 30.3 Å². The lowest BCUT2D eigenvalue weighted by atomic mass is 10.1. The Labute approximate surface area is 117 Å². The van der Waals surface area contributed by atoms with Crippen LogP contribution in [0.5, 0.6) is 0 Å². The zero-order chi connectivity index (χ0) is 13.4. The lowest BCUT2D eigenvalue weighted by Crippen LogP contribution is -2.24. The first-order valence-electron chi connectivity index (χ1n) is 6.33. The molecule has 0 aromatic carbocycles. The number of halogens is 1. The second-order valence-electron chi connectivity index (χ2n) is 4.50. The summed E-state index contributed by atoms with van der Waals surface area (Å²) in [6, 6.07) is 0. The molecule has 0 aliphatic heterocycles. The van der Waals surface area contributed by atoms with Crippen LogP contribution in [0.4, 0.5) is 0 Å². The lowest BCUT2D eigenvalue weighted by molar-refractivity contribution is 0.0955. The maximum absolute atomic E-state index is 11.9. The molecule has 0 saturated carbocycles. The predicted octanol–water partition coefficient (Wildman–Crippen LogP) is 3.19. The molecule has 18 heavy (non-hydrogen) atoms. The van der Waals surface area contributed by atoms with Crippen molar-refractivity contribution in [3.05, 3.63) is 10.6 Å². The van der Waals surface area contributed by atoms with Crippen LogP contribution in [0, 0.1) is 0 Å². The van der Waals surface area contributed by atoms with Gasteiger partial charge in [-0.15, -0.1) is 16.7 Å². The minimum atomic E-state index is -0.0500. The third-order valence-corrected chi connectivity index (χ3v) is 3.62. The number of rotatable bonds is 8. The van der Waals surface area contributed by atoms with E-state index >= 15 is 0 Å². The summed E-state index contributed by atoms with van der Waals surface area (Å²) in [4.78, 5) is 12.6. The maximum atomic E-state index is 11.9. The topological polar surface area (TPSA) is 54.9 Å². The van der Waals surface area contributed by atoms with E-state index in [1.807, 2.05) is 13.8 Å². The molecule has 0 saturated heterocycles. The molecule has 0 unspecified atom stereocenters. The van der Waals surface area contributed by atoms with Gasteiger partial charge >= 0.3 is 0 Å². The summed E-state index contributed by atoms with van der Waals surface area (Å²) in [6.07, 6.45) is 4.27. The predicted molar refractivity (Wildman–Crippen MR) is 75.5 cm³/mol. The number of aromatic nitrogens is 2. The van der Waals surface area contributed by atoms with Gasteiger partial charge in [0.15, 0.2) is 0 Å². The molecule has 0 atom stereocenters. The van der Waals surface area contributed by atoms with Crippen LogP contribution in [0.2, 0.25) is 0 Å². The third kappa shape index (κ3) is 4.90. The van der Waals surface area contributed by atoms with Crippen LogP contribution < -0.4 is 5.32 Å². The van der Waals surface area contributed by atoms with Gasteiger partial charge in [0.2, 0.25) is 0 Å². The van der Waals surface area contributed by atoms with E-state index in [0.717, 1.165) is 37.3 Å². The van der Waals surface area contributed by atoms with Gasteiger partial charge < -0.3 is 5.32 Å². The number of unbranched alkanes of at least 4 members (excludes halogenated alkanes) is 3. The minimum absolute atomic E-state index is 0.0500. The van der Waals surface area contributed by atoms with Gasteiger partial charge in [-0.2, -0.15) is 0 Å². The van der Waals surface area contributed by atoms with Crippen molar-refractivity contribution in [2.24, 2.45) is 0 Å². The first kappa shape index (κ1) is 15.4. The number of hydrogen-bond acceptors (Lipinski definition) is 4. The Morgan fingerprint density at radius 3 is 2.72 bits per heavy atom. The molecule has 4 nitrogen and oxygen atoms in total.